The highest BCUT2D eigenvalue weighted by Crippen LogP contribution is 2.50. The number of aryl methyl sites for hydroxylation is 1. The van der Waals surface area contributed by atoms with Crippen molar-refractivity contribution in [1.82, 2.24) is 15.6 Å². The van der Waals surface area contributed by atoms with Gasteiger partial charge in [0.15, 0.2) is 11.5 Å². The molecule has 1 aliphatic carbocycles. The molecule has 0 saturated carbocycles. The van der Waals surface area contributed by atoms with Crippen molar-refractivity contribution < 1.29 is 23.8 Å². The van der Waals surface area contributed by atoms with Gasteiger partial charge in [-0.05, 0) is 53.6 Å². The van der Waals surface area contributed by atoms with Crippen molar-refractivity contribution in [2.75, 3.05) is 33.2 Å². The van der Waals surface area contributed by atoms with E-state index in [2.05, 4.69) is 16.0 Å². The fourth-order valence-electron chi connectivity index (χ4n) is 6.27. The number of methoxy groups -OCH3 is 3. The molecule has 1 aromatic heterocycles. The Morgan fingerprint density at radius 3 is 2.45 bits per heavy atom. The summed E-state index contributed by atoms with van der Waals surface area (Å²) in [6.07, 6.45) is 2.46. The maximum atomic E-state index is 13.9. The van der Waals surface area contributed by atoms with Crippen LogP contribution in [0.3, 0.4) is 0 Å². The number of thiazole rings is 1. The van der Waals surface area contributed by atoms with Gasteiger partial charge in [0.25, 0.3) is 0 Å². The number of hydrogen-bond donors (Lipinski definition) is 3. The first-order chi connectivity index (χ1) is 23.7. The molecule has 49 heavy (non-hydrogen) atoms. The quantitative estimate of drug-likeness (QED) is 0.153. The zero-order valence-electron chi connectivity index (χ0n) is 28.8. The van der Waals surface area contributed by atoms with Gasteiger partial charge < -0.3 is 30.2 Å². The van der Waals surface area contributed by atoms with Gasteiger partial charge >= 0.3 is 0 Å². The number of nitrogens with zero attached hydrogens (tertiary/aromatic N) is 1. The van der Waals surface area contributed by atoms with Crippen LogP contribution in [0.4, 0.5) is 5.69 Å². The lowest BCUT2D eigenvalue weighted by Gasteiger charge is -2.24. The normalized spacial score (nSPS) is 14.7. The van der Waals surface area contributed by atoms with Crippen molar-refractivity contribution >= 4 is 28.8 Å². The van der Waals surface area contributed by atoms with Crippen molar-refractivity contribution in [2.24, 2.45) is 5.92 Å². The molecule has 0 unspecified atom stereocenters. The predicted octanol–water partition coefficient (Wildman–Crippen LogP) is 6.17. The summed E-state index contributed by atoms with van der Waals surface area (Å²) in [5.74, 6) is 0.964. The Hall–Kier alpha value is -4.90. The smallest absolute Gasteiger partial charge is 0.242 e. The molecule has 0 bridgehead atoms. The van der Waals surface area contributed by atoms with E-state index in [1.54, 1.807) is 44.8 Å². The number of anilines is 1. The Balaban J connectivity index is 1.45. The first-order valence-corrected chi connectivity index (χ1v) is 17.4. The Morgan fingerprint density at radius 1 is 1.02 bits per heavy atom. The van der Waals surface area contributed by atoms with Gasteiger partial charge in [0.1, 0.15) is 6.04 Å². The van der Waals surface area contributed by atoms with Crippen LogP contribution in [-0.4, -0.2) is 50.7 Å². The molecule has 0 fully saturated rings. The van der Waals surface area contributed by atoms with E-state index in [-0.39, 0.29) is 28.8 Å². The standard InChI is InChI=1S/C38H44N4O6S/c1-7-22(2)35(38(45)39-18-17-33-41-30(21-49-33)24-11-9-8-10-12-24)42-29-16-14-26-27(20-31(29)44)28(40-23(3)43)15-13-25-19-32(46-4)36(47-5)37(48-6)34(25)26/h8-12,14,16,19-22,28,35H,7,13,15,17-18H2,1-6H3,(H,39,45)(H,40,43)(H,42,44)/t22-,28+,35+/m1/s1. The minimum Gasteiger partial charge on any atom is -0.493 e. The van der Waals surface area contributed by atoms with E-state index < -0.39 is 12.1 Å². The van der Waals surface area contributed by atoms with Crippen LogP contribution < -0.4 is 35.6 Å². The molecular formula is C38H44N4O6S. The van der Waals surface area contributed by atoms with Gasteiger partial charge in [-0.3, -0.25) is 14.4 Å². The molecule has 3 N–H and O–H groups in total. The number of ether oxygens (including phenoxy) is 3. The van der Waals surface area contributed by atoms with E-state index in [1.807, 2.05) is 61.7 Å². The number of amides is 2. The highest BCUT2D eigenvalue weighted by atomic mass is 32.1. The third-order valence-electron chi connectivity index (χ3n) is 8.98. The molecule has 0 spiro atoms. The molecule has 5 rings (SSSR count). The van der Waals surface area contributed by atoms with E-state index in [4.69, 9.17) is 19.2 Å². The van der Waals surface area contributed by atoms with Crippen LogP contribution in [0.2, 0.25) is 0 Å². The SMILES string of the molecule is CC[C@@H](C)[C@H](Nc1ccc2c(cc1=O)[C@@H](NC(C)=O)CCc1cc(OC)c(OC)c(OC)c1-2)C(=O)NCCc1nc(-c2ccccc2)cs1. The van der Waals surface area contributed by atoms with E-state index >= 15 is 0 Å². The van der Waals surface area contributed by atoms with Gasteiger partial charge in [0.05, 0.1) is 43.8 Å². The fourth-order valence-corrected chi connectivity index (χ4v) is 7.07. The number of nitrogens with one attached hydrogen (secondary N) is 3. The average Bonchev–Trinajstić information content (AvgIpc) is 3.46. The summed E-state index contributed by atoms with van der Waals surface area (Å²) >= 11 is 1.57. The number of fused-ring (bicyclic) bond motifs is 3. The van der Waals surface area contributed by atoms with Crippen LogP contribution in [0.15, 0.2) is 64.8 Å². The summed E-state index contributed by atoms with van der Waals surface area (Å²) in [6, 6.07) is 15.9. The molecule has 1 aliphatic rings. The summed E-state index contributed by atoms with van der Waals surface area (Å²) in [4.78, 5) is 44.6. The Kier molecular flexibility index (Phi) is 11.6. The van der Waals surface area contributed by atoms with Crippen LogP contribution >= 0.6 is 11.3 Å². The largest absolute Gasteiger partial charge is 0.493 e. The molecule has 0 saturated heterocycles. The van der Waals surface area contributed by atoms with Crippen LogP contribution in [-0.2, 0) is 22.4 Å². The van der Waals surface area contributed by atoms with Crippen molar-refractivity contribution in [3.8, 4) is 39.6 Å². The van der Waals surface area contributed by atoms with Gasteiger partial charge in [0.2, 0.25) is 23.0 Å². The molecule has 3 atom stereocenters. The lowest BCUT2D eigenvalue weighted by atomic mass is 9.95. The topological polar surface area (TPSA) is 128 Å². The van der Waals surface area contributed by atoms with Crippen LogP contribution in [0.25, 0.3) is 22.4 Å². The molecule has 11 heteroatoms. The van der Waals surface area contributed by atoms with Gasteiger partial charge in [-0.25, -0.2) is 4.98 Å². The first kappa shape index (κ1) is 35.4. The van der Waals surface area contributed by atoms with Crippen LogP contribution in [0.5, 0.6) is 17.2 Å². The second kappa shape index (κ2) is 16.0. The second-order valence-electron chi connectivity index (χ2n) is 12.1. The number of benzene rings is 2. The maximum Gasteiger partial charge on any atom is 0.242 e. The lowest BCUT2D eigenvalue weighted by molar-refractivity contribution is -0.123. The molecule has 1 heterocycles. The minimum absolute atomic E-state index is 0.0723. The van der Waals surface area contributed by atoms with Gasteiger partial charge in [-0.15, -0.1) is 11.3 Å². The Morgan fingerprint density at radius 2 is 1.78 bits per heavy atom. The summed E-state index contributed by atoms with van der Waals surface area (Å²) < 4.78 is 17.2. The molecule has 258 valence electrons. The zero-order chi connectivity index (χ0) is 35.1. The van der Waals surface area contributed by atoms with Crippen LogP contribution in [0.1, 0.15) is 55.8 Å². The van der Waals surface area contributed by atoms with Crippen molar-refractivity contribution in [2.45, 2.75) is 58.5 Å². The van der Waals surface area contributed by atoms with Crippen molar-refractivity contribution in [3.05, 3.63) is 86.3 Å². The second-order valence-corrected chi connectivity index (χ2v) is 13.1. The van der Waals surface area contributed by atoms with E-state index in [1.165, 1.54) is 6.92 Å². The number of rotatable bonds is 13. The highest BCUT2D eigenvalue weighted by Gasteiger charge is 2.30. The molecule has 4 aromatic rings. The Bertz CT molecular complexity index is 1860. The molecule has 2 amide bonds. The Labute approximate surface area is 291 Å². The lowest BCUT2D eigenvalue weighted by Crippen LogP contribution is -2.45. The molecule has 3 aromatic carbocycles. The number of hydrogen-bond acceptors (Lipinski definition) is 9. The molecular weight excluding hydrogens is 641 g/mol. The van der Waals surface area contributed by atoms with E-state index in [9.17, 15) is 14.4 Å². The number of carbonyl (C=O) groups excluding carboxylic acids is 2. The average molecular weight is 685 g/mol. The van der Waals surface area contributed by atoms with Crippen molar-refractivity contribution in [3.63, 3.8) is 0 Å². The summed E-state index contributed by atoms with van der Waals surface area (Å²) in [5, 5.41) is 12.3. The van der Waals surface area contributed by atoms with E-state index in [0.29, 0.717) is 48.6 Å². The van der Waals surface area contributed by atoms with Gasteiger partial charge in [0, 0.05) is 36.4 Å². The summed E-state index contributed by atoms with van der Waals surface area (Å²) in [6.45, 7) is 5.88. The molecule has 10 nitrogen and oxygen atoms in total. The third-order valence-corrected chi connectivity index (χ3v) is 9.89. The first-order valence-electron chi connectivity index (χ1n) is 16.5. The summed E-state index contributed by atoms with van der Waals surface area (Å²) in [7, 11) is 4.68. The fraction of sp³-hybridized carbons (Fsp3) is 0.368. The van der Waals surface area contributed by atoms with Crippen LogP contribution in [0, 0.1) is 5.92 Å². The number of carbonyl (C=O) groups is 2. The van der Waals surface area contributed by atoms with E-state index in [0.717, 1.165) is 39.4 Å². The minimum atomic E-state index is -0.659. The molecule has 0 radical (unpaired) electrons. The maximum absolute atomic E-state index is 13.9. The number of aromatic nitrogens is 1. The van der Waals surface area contributed by atoms with Crippen molar-refractivity contribution in [1.29, 1.82) is 0 Å². The van der Waals surface area contributed by atoms with Gasteiger partial charge in [-0.2, -0.15) is 0 Å². The summed E-state index contributed by atoms with van der Waals surface area (Å²) in [5.41, 5.74) is 5.03. The highest BCUT2D eigenvalue weighted by molar-refractivity contribution is 7.09. The third kappa shape index (κ3) is 7.88. The monoisotopic (exact) mass is 684 g/mol. The van der Waals surface area contributed by atoms with Gasteiger partial charge in [-0.1, -0.05) is 56.7 Å². The zero-order valence-corrected chi connectivity index (χ0v) is 29.7. The molecule has 0 aliphatic heterocycles. The predicted molar refractivity (Wildman–Crippen MR) is 194 cm³/mol.